The molecule has 0 radical (unpaired) electrons. The van der Waals surface area contributed by atoms with E-state index in [0.717, 1.165) is 34.0 Å². The molecule has 2 heterocycles. The van der Waals surface area contributed by atoms with Crippen LogP contribution in [0.5, 0.6) is 5.75 Å². The fourth-order valence-electron chi connectivity index (χ4n) is 4.32. The third-order valence-electron chi connectivity index (χ3n) is 5.89. The van der Waals surface area contributed by atoms with Crippen molar-refractivity contribution in [2.24, 2.45) is 0 Å². The van der Waals surface area contributed by atoms with Gasteiger partial charge in [0.1, 0.15) is 17.5 Å². The first kappa shape index (κ1) is 20.8. The van der Waals surface area contributed by atoms with Crippen LogP contribution in [-0.2, 0) is 22.3 Å². The number of nitrogens with zero attached hydrogens (tertiary/aromatic N) is 3. The Hall–Kier alpha value is -3.03. The lowest BCUT2D eigenvalue weighted by molar-refractivity contribution is 0.0141. The van der Waals surface area contributed by atoms with Gasteiger partial charge in [0.25, 0.3) is 0 Å². The van der Waals surface area contributed by atoms with Gasteiger partial charge in [0, 0.05) is 42.1 Å². The summed E-state index contributed by atoms with van der Waals surface area (Å²) in [5, 5.41) is 5.59. The van der Waals surface area contributed by atoms with Crippen LogP contribution in [0.3, 0.4) is 0 Å². The number of benzene rings is 2. The summed E-state index contributed by atoms with van der Waals surface area (Å²) in [4.78, 5) is 14.3. The standard InChI is InChI=1S/C24H24ClN3O4/c1-30-22-5-3-2-4-21(22)28-23(16-6-8-17(25)9-7-16)19-14-18(15-20(19)26-28)32-24(29)27-10-12-31-13-11-27/h2-9,18H,10-15H2,1H3. The molecule has 1 fully saturated rings. The smallest absolute Gasteiger partial charge is 0.410 e. The maximum absolute atomic E-state index is 12.6. The van der Waals surface area contributed by atoms with E-state index in [1.54, 1.807) is 12.0 Å². The van der Waals surface area contributed by atoms with Gasteiger partial charge in [0.15, 0.2) is 0 Å². The van der Waals surface area contributed by atoms with E-state index in [1.807, 2.05) is 53.2 Å². The highest BCUT2D eigenvalue weighted by Crippen LogP contribution is 2.37. The highest BCUT2D eigenvalue weighted by atomic mass is 35.5. The lowest BCUT2D eigenvalue weighted by atomic mass is 10.1. The summed E-state index contributed by atoms with van der Waals surface area (Å²) in [7, 11) is 1.65. The van der Waals surface area contributed by atoms with Crippen LogP contribution in [0.15, 0.2) is 48.5 Å². The number of morpholine rings is 1. The summed E-state index contributed by atoms with van der Waals surface area (Å²) in [6, 6.07) is 15.5. The van der Waals surface area contributed by atoms with Crippen molar-refractivity contribution in [2.75, 3.05) is 33.4 Å². The van der Waals surface area contributed by atoms with Crippen LogP contribution in [0.1, 0.15) is 11.3 Å². The Kier molecular flexibility index (Phi) is 5.76. The Morgan fingerprint density at radius 2 is 1.84 bits per heavy atom. The number of methoxy groups -OCH3 is 1. The number of amides is 1. The van der Waals surface area contributed by atoms with Gasteiger partial charge in [0.2, 0.25) is 0 Å². The number of fused-ring (bicyclic) bond motifs is 1. The van der Waals surface area contributed by atoms with Crippen molar-refractivity contribution in [1.29, 1.82) is 0 Å². The molecule has 1 aliphatic carbocycles. The Morgan fingerprint density at radius 1 is 1.09 bits per heavy atom. The van der Waals surface area contributed by atoms with Crippen molar-refractivity contribution in [2.45, 2.75) is 18.9 Å². The van der Waals surface area contributed by atoms with E-state index < -0.39 is 0 Å². The van der Waals surface area contributed by atoms with E-state index in [2.05, 4.69) is 0 Å². The van der Waals surface area contributed by atoms with Crippen LogP contribution in [0.25, 0.3) is 16.9 Å². The van der Waals surface area contributed by atoms with E-state index in [-0.39, 0.29) is 12.2 Å². The van der Waals surface area contributed by atoms with Gasteiger partial charge >= 0.3 is 6.09 Å². The lowest BCUT2D eigenvalue weighted by Gasteiger charge is -2.27. The monoisotopic (exact) mass is 453 g/mol. The molecule has 3 aromatic rings. The summed E-state index contributed by atoms with van der Waals surface area (Å²) in [5.74, 6) is 0.735. The lowest BCUT2D eigenvalue weighted by Crippen LogP contribution is -2.42. The fourth-order valence-corrected chi connectivity index (χ4v) is 4.45. The zero-order valence-corrected chi connectivity index (χ0v) is 18.5. The molecule has 8 heteroatoms. The Balaban J connectivity index is 1.48. The highest BCUT2D eigenvalue weighted by Gasteiger charge is 2.34. The van der Waals surface area contributed by atoms with E-state index in [4.69, 9.17) is 30.9 Å². The van der Waals surface area contributed by atoms with Crippen molar-refractivity contribution in [1.82, 2.24) is 14.7 Å². The van der Waals surface area contributed by atoms with Crippen LogP contribution in [0, 0.1) is 0 Å². The first-order valence-electron chi connectivity index (χ1n) is 10.7. The number of aromatic nitrogens is 2. The minimum Gasteiger partial charge on any atom is -0.494 e. The Labute approximate surface area is 191 Å². The van der Waals surface area contributed by atoms with Crippen LogP contribution < -0.4 is 4.74 Å². The molecule has 2 aromatic carbocycles. The molecule has 1 aromatic heterocycles. The zero-order valence-electron chi connectivity index (χ0n) is 17.8. The van der Waals surface area contributed by atoms with Crippen LogP contribution >= 0.6 is 11.6 Å². The first-order valence-corrected chi connectivity index (χ1v) is 11.0. The van der Waals surface area contributed by atoms with Gasteiger partial charge in [-0.25, -0.2) is 9.48 Å². The molecule has 2 aliphatic rings. The van der Waals surface area contributed by atoms with E-state index in [9.17, 15) is 4.79 Å². The molecule has 0 bridgehead atoms. The second-order valence-corrected chi connectivity index (χ2v) is 8.31. The Bertz CT molecular complexity index is 1120. The molecule has 166 valence electrons. The van der Waals surface area contributed by atoms with Crippen molar-refractivity contribution in [3.8, 4) is 22.7 Å². The molecule has 5 rings (SSSR count). The number of hydrogen-bond donors (Lipinski definition) is 0. The second-order valence-electron chi connectivity index (χ2n) is 7.88. The number of ether oxygens (including phenoxy) is 3. The third kappa shape index (κ3) is 3.94. The number of carbonyl (C=O) groups is 1. The average Bonchev–Trinajstić information content (AvgIpc) is 3.37. The number of hydrogen-bond acceptors (Lipinski definition) is 5. The number of halogens is 1. The molecule has 1 atom stereocenters. The first-order chi connectivity index (χ1) is 15.6. The van der Waals surface area contributed by atoms with E-state index >= 15 is 0 Å². The van der Waals surface area contributed by atoms with Gasteiger partial charge in [-0.2, -0.15) is 5.10 Å². The van der Waals surface area contributed by atoms with Gasteiger partial charge in [-0.05, 0) is 24.3 Å². The van der Waals surface area contributed by atoms with Crippen LogP contribution in [0.4, 0.5) is 4.79 Å². The number of rotatable bonds is 4. The molecular weight excluding hydrogens is 430 g/mol. The molecule has 1 unspecified atom stereocenters. The topological polar surface area (TPSA) is 65.8 Å². The quantitative estimate of drug-likeness (QED) is 0.594. The highest BCUT2D eigenvalue weighted by molar-refractivity contribution is 6.30. The van der Waals surface area contributed by atoms with Crippen molar-refractivity contribution in [3.05, 3.63) is 64.8 Å². The van der Waals surface area contributed by atoms with Crippen LogP contribution in [-0.4, -0.2) is 60.3 Å². The molecule has 1 amide bonds. The second kappa shape index (κ2) is 8.84. The fraction of sp³-hybridized carbons (Fsp3) is 0.333. The summed E-state index contributed by atoms with van der Waals surface area (Å²) < 4.78 is 18.7. The summed E-state index contributed by atoms with van der Waals surface area (Å²) >= 11 is 6.14. The molecule has 1 saturated heterocycles. The summed E-state index contributed by atoms with van der Waals surface area (Å²) in [6.07, 6.45) is 0.669. The van der Waals surface area contributed by atoms with Gasteiger partial charge in [-0.3, -0.25) is 0 Å². The Morgan fingerprint density at radius 3 is 2.59 bits per heavy atom. The van der Waals surface area contributed by atoms with Gasteiger partial charge in [-0.15, -0.1) is 0 Å². The molecule has 0 saturated carbocycles. The minimum absolute atomic E-state index is 0.235. The molecule has 1 aliphatic heterocycles. The van der Waals surface area contributed by atoms with E-state index in [1.165, 1.54) is 0 Å². The summed E-state index contributed by atoms with van der Waals surface area (Å²) in [5.41, 5.74) is 4.83. The minimum atomic E-state index is -0.283. The predicted octanol–water partition coefficient (Wildman–Crippen LogP) is 4.14. The van der Waals surface area contributed by atoms with Crippen LogP contribution in [0.2, 0.25) is 5.02 Å². The predicted molar refractivity (Wildman–Crippen MR) is 121 cm³/mol. The molecule has 0 N–H and O–H groups in total. The molecule has 32 heavy (non-hydrogen) atoms. The van der Waals surface area contributed by atoms with Crippen molar-refractivity contribution < 1.29 is 19.0 Å². The van der Waals surface area contributed by atoms with Crippen molar-refractivity contribution in [3.63, 3.8) is 0 Å². The van der Waals surface area contributed by atoms with Gasteiger partial charge < -0.3 is 19.1 Å². The maximum atomic E-state index is 12.6. The number of carbonyl (C=O) groups excluding carboxylic acids is 1. The maximum Gasteiger partial charge on any atom is 0.410 e. The van der Waals surface area contributed by atoms with Gasteiger partial charge in [-0.1, -0.05) is 35.9 Å². The van der Waals surface area contributed by atoms with Crippen molar-refractivity contribution >= 4 is 17.7 Å². The normalized spacial score (nSPS) is 17.8. The van der Waals surface area contributed by atoms with E-state index in [0.29, 0.717) is 44.2 Å². The average molecular weight is 454 g/mol. The number of para-hydroxylation sites is 2. The van der Waals surface area contributed by atoms with Gasteiger partial charge in [0.05, 0.1) is 31.7 Å². The summed E-state index contributed by atoms with van der Waals surface area (Å²) in [6.45, 7) is 2.22. The largest absolute Gasteiger partial charge is 0.494 e. The zero-order chi connectivity index (χ0) is 22.1. The SMILES string of the molecule is COc1ccccc1-n1nc2c(c1-c1ccc(Cl)cc1)CC(OC(=O)N1CCOCC1)C2. The molecular formula is C24H24ClN3O4. The third-order valence-corrected chi connectivity index (χ3v) is 6.14. The molecule has 0 spiro atoms. The molecule has 7 nitrogen and oxygen atoms in total.